The van der Waals surface area contributed by atoms with E-state index in [2.05, 4.69) is 11.4 Å². The molecular weight excluding hydrogens is 224 g/mol. The molecular formula is C12H15ClN2O. The fourth-order valence-corrected chi connectivity index (χ4v) is 2.84. The SMILES string of the molecule is Cl.N[C@@H]1Cc2cccc3c2[C@H](CC(=O)N3)C1. The summed E-state index contributed by atoms with van der Waals surface area (Å²) < 4.78 is 0. The summed E-state index contributed by atoms with van der Waals surface area (Å²) in [7, 11) is 0. The highest BCUT2D eigenvalue weighted by atomic mass is 35.5. The third kappa shape index (κ3) is 1.70. The summed E-state index contributed by atoms with van der Waals surface area (Å²) >= 11 is 0. The Bertz CT molecular complexity index is 433. The number of benzene rings is 1. The van der Waals surface area contributed by atoms with Gasteiger partial charge in [-0.3, -0.25) is 4.79 Å². The molecule has 0 saturated heterocycles. The first-order valence-corrected chi connectivity index (χ1v) is 5.41. The smallest absolute Gasteiger partial charge is 0.224 e. The second-order valence-corrected chi connectivity index (χ2v) is 4.53. The number of halogens is 1. The van der Waals surface area contributed by atoms with Gasteiger partial charge in [0.25, 0.3) is 0 Å². The molecule has 4 heteroatoms. The average molecular weight is 239 g/mol. The summed E-state index contributed by atoms with van der Waals surface area (Å²) in [5, 5.41) is 2.93. The molecule has 1 aliphatic heterocycles. The first kappa shape index (κ1) is 11.4. The van der Waals surface area contributed by atoms with Gasteiger partial charge in [-0.25, -0.2) is 0 Å². The van der Waals surface area contributed by atoms with Crippen molar-refractivity contribution in [2.75, 3.05) is 5.32 Å². The van der Waals surface area contributed by atoms with Gasteiger partial charge in [0, 0.05) is 18.2 Å². The number of hydrogen-bond donors (Lipinski definition) is 2. The third-order valence-electron chi connectivity index (χ3n) is 3.38. The van der Waals surface area contributed by atoms with Crippen LogP contribution in [0, 0.1) is 0 Å². The first-order chi connectivity index (χ1) is 7.24. The molecule has 1 amide bonds. The molecule has 1 aliphatic carbocycles. The van der Waals surface area contributed by atoms with E-state index in [4.69, 9.17) is 5.73 Å². The molecule has 0 spiro atoms. The van der Waals surface area contributed by atoms with E-state index in [0.717, 1.165) is 18.5 Å². The molecule has 0 radical (unpaired) electrons. The van der Waals surface area contributed by atoms with Crippen LogP contribution in [0.1, 0.15) is 29.9 Å². The zero-order valence-electron chi connectivity index (χ0n) is 8.90. The maximum absolute atomic E-state index is 11.5. The van der Waals surface area contributed by atoms with Gasteiger partial charge in [0.15, 0.2) is 0 Å². The van der Waals surface area contributed by atoms with Crippen LogP contribution in [0.5, 0.6) is 0 Å². The number of nitrogens with two attached hydrogens (primary N) is 1. The molecule has 2 aliphatic rings. The van der Waals surface area contributed by atoms with Crippen molar-refractivity contribution >= 4 is 24.0 Å². The molecule has 3 nitrogen and oxygen atoms in total. The maximum atomic E-state index is 11.5. The van der Waals surface area contributed by atoms with Crippen LogP contribution < -0.4 is 11.1 Å². The largest absolute Gasteiger partial charge is 0.327 e. The lowest BCUT2D eigenvalue weighted by atomic mass is 9.76. The molecule has 0 unspecified atom stereocenters. The van der Waals surface area contributed by atoms with Crippen molar-refractivity contribution in [3.05, 3.63) is 29.3 Å². The standard InChI is InChI=1S/C12H14N2O.ClH/c13-9-4-7-2-1-3-10-12(7)8(5-9)6-11(15)14-10;/h1-3,8-9H,4-6,13H2,(H,14,15);1H/t8-,9+;/m0./s1. The van der Waals surface area contributed by atoms with Gasteiger partial charge in [-0.15, -0.1) is 12.4 Å². The van der Waals surface area contributed by atoms with Gasteiger partial charge in [-0.1, -0.05) is 12.1 Å². The summed E-state index contributed by atoms with van der Waals surface area (Å²) in [6, 6.07) is 6.32. The zero-order chi connectivity index (χ0) is 10.4. The molecule has 1 aromatic rings. The highest BCUT2D eigenvalue weighted by Crippen LogP contribution is 2.41. The van der Waals surface area contributed by atoms with Gasteiger partial charge >= 0.3 is 0 Å². The molecule has 0 bridgehead atoms. The van der Waals surface area contributed by atoms with Crippen LogP contribution in [-0.2, 0) is 11.2 Å². The van der Waals surface area contributed by atoms with E-state index >= 15 is 0 Å². The van der Waals surface area contributed by atoms with E-state index in [0.29, 0.717) is 12.3 Å². The summed E-state index contributed by atoms with van der Waals surface area (Å²) in [6.45, 7) is 0. The molecule has 0 saturated carbocycles. The van der Waals surface area contributed by atoms with E-state index < -0.39 is 0 Å². The van der Waals surface area contributed by atoms with E-state index in [9.17, 15) is 4.79 Å². The second kappa shape index (κ2) is 4.07. The van der Waals surface area contributed by atoms with Crippen LogP contribution >= 0.6 is 12.4 Å². The number of carbonyl (C=O) groups is 1. The number of carbonyl (C=O) groups excluding carboxylic acids is 1. The predicted octanol–water partition coefficient (Wildman–Crippen LogP) is 1.81. The molecule has 2 atom stereocenters. The van der Waals surface area contributed by atoms with Crippen molar-refractivity contribution < 1.29 is 4.79 Å². The number of anilines is 1. The lowest BCUT2D eigenvalue weighted by Crippen LogP contribution is -2.35. The van der Waals surface area contributed by atoms with Crippen molar-refractivity contribution in [1.82, 2.24) is 0 Å². The molecule has 3 rings (SSSR count). The van der Waals surface area contributed by atoms with Gasteiger partial charge in [-0.05, 0) is 36.0 Å². The van der Waals surface area contributed by atoms with Crippen LogP contribution in [-0.4, -0.2) is 11.9 Å². The van der Waals surface area contributed by atoms with Crippen LogP contribution in [0.2, 0.25) is 0 Å². The van der Waals surface area contributed by atoms with Crippen LogP contribution in [0.3, 0.4) is 0 Å². The average Bonchev–Trinajstić information content (AvgIpc) is 2.16. The van der Waals surface area contributed by atoms with E-state index in [1.165, 1.54) is 11.1 Å². The van der Waals surface area contributed by atoms with E-state index in [-0.39, 0.29) is 24.4 Å². The van der Waals surface area contributed by atoms with Crippen molar-refractivity contribution in [3.63, 3.8) is 0 Å². The van der Waals surface area contributed by atoms with E-state index in [1.54, 1.807) is 0 Å². The van der Waals surface area contributed by atoms with Crippen molar-refractivity contribution in [1.29, 1.82) is 0 Å². The van der Waals surface area contributed by atoms with E-state index in [1.807, 2.05) is 12.1 Å². The van der Waals surface area contributed by atoms with Crippen molar-refractivity contribution in [3.8, 4) is 0 Å². The quantitative estimate of drug-likeness (QED) is 0.724. The fourth-order valence-electron chi connectivity index (χ4n) is 2.84. The summed E-state index contributed by atoms with van der Waals surface area (Å²) in [6.07, 6.45) is 2.48. The second-order valence-electron chi connectivity index (χ2n) is 4.53. The minimum absolute atomic E-state index is 0. The van der Waals surface area contributed by atoms with Crippen molar-refractivity contribution in [2.24, 2.45) is 5.73 Å². The first-order valence-electron chi connectivity index (χ1n) is 5.41. The Hall–Kier alpha value is -1.06. The molecule has 1 aromatic carbocycles. The Morgan fingerprint density at radius 2 is 2.12 bits per heavy atom. The van der Waals surface area contributed by atoms with Gasteiger partial charge in [-0.2, -0.15) is 0 Å². The van der Waals surface area contributed by atoms with Gasteiger partial charge in [0.1, 0.15) is 0 Å². The number of amides is 1. The Morgan fingerprint density at radius 3 is 2.94 bits per heavy atom. The molecule has 16 heavy (non-hydrogen) atoms. The lowest BCUT2D eigenvalue weighted by molar-refractivity contribution is -0.116. The zero-order valence-corrected chi connectivity index (χ0v) is 9.72. The van der Waals surface area contributed by atoms with Crippen LogP contribution in [0.15, 0.2) is 18.2 Å². The Kier molecular flexibility index (Phi) is 2.91. The van der Waals surface area contributed by atoms with Crippen LogP contribution in [0.4, 0.5) is 5.69 Å². The van der Waals surface area contributed by atoms with Gasteiger partial charge in [0.2, 0.25) is 5.91 Å². The fraction of sp³-hybridized carbons (Fsp3) is 0.417. The molecule has 3 N–H and O–H groups in total. The van der Waals surface area contributed by atoms with Gasteiger partial charge < -0.3 is 11.1 Å². The molecule has 0 fully saturated rings. The summed E-state index contributed by atoms with van der Waals surface area (Å²) in [5.74, 6) is 0.465. The predicted molar refractivity (Wildman–Crippen MR) is 66.0 cm³/mol. The molecule has 0 aromatic heterocycles. The molecule has 1 heterocycles. The third-order valence-corrected chi connectivity index (χ3v) is 3.38. The number of rotatable bonds is 0. The normalized spacial score (nSPS) is 26.4. The monoisotopic (exact) mass is 238 g/mol. The number of nitrogens with one attached hydrogen (secondary N) is 1. The summed E-state index contributed by atoms with van der Waals surface area (Å²) in [4.78, 5) is 11.5. The number of hydrogen-bond acceptors (Lipinski definition) is 2. The highest BCUT2D eigenvalue weighted by molar-refractivity contribution is 5.95. The van der Waals surface area contributed by atoms with Crippen molar-refractivity contribution in [2.45, 2.75) is 31.2 Å². The topological polar surface area (TPSA) is 55.1 Å². The highest BCUT2D eigenvalue weighted by Gasteiger charge is 2.32. The Morgan fingerprint density at radius 1 is 1.31 bits per heavy atom. The lowest BCUT2D eigenvalue weighted by Gasteiger charge is -2.34. The Balaban J connectivity index is 0.000000963. The van der Waals surface area contributed by atoms with Crippen LogP contribution in [0.25, 0.3) is 0 Å². The van der Waals surface area contributed by atoms with Gasteiger partial charge in [0.05, 0.1) is 0 Å². The minimum Gasteiger partial charge on any atom is -0.327 e. The summed E-state index contributed by atoms with van der Waals surface area (Å²) in [5.41, 5.74) is 9.65. The minimum atomic E-state index is 0. The Labute approximate surface area is 101 Å². The molecule has 86 valence electrons. The maximum Gasteiger partial charge on any atom is 0.224 e.